The van der Waals surface area contributed by atoms with Crippen molar-refractivity contribution < 1.29 is 27.2 Å². The fourth-order valence-electron chi connectivity index (χ4n) is 3.27. The summed E-state index contributed by atoms with van der Waals surface area (Å²) in [6, 6.07) is 10.5. The van der Waals surface area contributed by atoms with Crippen molar-refractivity contribution in [3.63, 3.8) is 0 Å². The summed E-state index contributed by atoms with van der Waals surface area (Å²) in [6.07, 6.45) is 0. The van der Waals surface area contributed by atoms with Crippen LogP contribution in [-0.2, 0) is 14.8 Å². The summed E-state index contributed by atoms with van der Waals surface area (Å²) in [5.41, 5.74) is 0.345. The van der Waals surface area contributed by atoms with Crippen molar-refractivity contribution in [3.8, 4) is 0 Å². The lowest BCUT2D eigenvalue weighted by atomic mass is 10.0. The Bertz CT molecular complexity index is 1130. The molecular weight excluding hydrogens is 433 g/mol. The highest BCUT2D eigenvalue weighted by atomic mass is 32.2. The minimum absolute atomic E-state index is 0.113. The van der Waals surface area contributed by atoms with Crippen LogP contribution in [0.3, 0.4) is 0 Å². The van der Waals surface area contributed by atoms with E-state index in [1.165, 1.54) is 46.2 Å². The fraction of sp³-hybridized carbons (Fsp3) is 0.211. The lowest BCUT2D eigenvalue weighted by molar-refractivity contribution is -0.128. The van der Waals surface area contributed by atoms with Crippen LogP contribution in [0, 0.1) is 5.82 Å². The Morgan fingerprint density at radius 2 is 1.83 bits per heavy atom. The highest BCUT2D eigenvalue weighted by Gasteiger charge is 2.43. The molecule has 2 fully saturated rings. The van der Waals surface area contributed by atoms with Gasteiger partial charge in [-0.15, -0.1) is 0 Å². The van der Waals surface area contributed by atoms with Gasteiger partial charge in [0.15, 0.2) is 0 Å². The maximum absolute atomic E-state index is 13.8. The summed E-state index contributed by atoms with van der Waals surface area (Å²) in [6.45, 7) is 0.449. The first-order valence-electron chi connectivity index (χ1n) is 8.92. The van der Waals surface area contributed by atoms with Crippen molar-refractivity contribution in [2.45, 2.75) is 10.9 Å². The quantitative estimate of drug-likeness (QED) is 0.750. The second-order valence-electron chi connectivity index (χ2n) is 6.80. The molecule has 30 heavy (non-hydrogen) atoms. The van der Waals surface area contributed by atoms with Gasteiger partial charge in [0.25, 0.3) is 21.2 Å². The standard InChI is InChI=1S/C19H16FN3O5S2/c20-15-6-1-2-7-16(15)30(27,28)21-13-5-3-4-12(8-13)18(25)22-9-14(10-22)23-17(24)11-29-19(23)26/h1-8,14,21H,9-11H2. The molecule has 0 aliphatic carbocycles. The van der Waals surface area contributed by atoms with E-state index in [2.05, 4.69) is 4.72 Å². The number of nitrogens with one attached hydrogen (secondary N) is 1. The van der Waals surface area contributed by atoms with Gasteiger partial charge in [-0.1, -0.05) is 30.0 Å². The Hall–Kier alpha value is -2.92. The molecule has 156 valence electrons. The van der Waals surface area contributed by atoms with E-state index in [1.807, 2.05) is 0 Å². The molecule has 8 nitrogen and oxygen atoms in total. The predicted molar refractivity (Wildman–Crippen MR) is 108 cm³/mol. The van der Waals surface area contributed by atoms with Gasteiger partial charge in [0.2, 0.25) is 5.91 Å². The van der Waals surface area contributed by atoms with E-state index in [0.717, 1.165) is 23.9 Å². The summed E-state index contributed by atoms with van der Waals surface area (Å²) in [4.78, 5) is 38.4. The second kappa shape index (κ2) is 7.73. The van der Waals surface area contributed by atoms with Crippen molar-refractivity contribution in [1.29, 1.82) is 0 Å². The number of anilines is 1. The molecule has 2 aromatic carbocycles. The molecule has 11 heteroatoms. The number of nitrogens with zero attached hydrogens (tertiary/aromatic N) is 2. The molecule has 0 atom stereocenters. The van der Waals surface area contributed by atoms with Gasteiger partial charge in [0.05, 0.1) is 11.8 Å². The van der Waals surface area contributed by atoms with Crippen LogP contribution >= 0.6 is 11.8 Å². The van der Waals surface area contributed by atoms with Crippen LogP contribution in [0.2, 0.25) is 0 Å². The summed E-state index contributed by atoms with van der Waals surface area (Å²) in [7, 11) is -4.16. The van der Waals surface area contributed by atoms with E-state index in [0.29, 0.717) is 0 Å². The third-order valence-electron chi connectivity index (χ3n) is 4.79. The van der Waals surface area contributed by atoms with E-state index in [4.69, 9.17) is 0 Å². The van der Waals surface area contributed by atoms with Crippen LogP contribution < -0.4 is 4.72 Å². The van der Waals surface area contributed by atoms with Gasteiger partial charge >= 0.3 is 0 Å². The average Bonchev–Trinajstić information content (AvgIpc) is 2.99. The molecule has 2 heterocycles. The van der Waals surface area contributed by atoms with Gasteiger partial charge in [-0.2, -0.15) is 0 Å². The van der Waals surface area contributed by atoms with Gasteiger partial charge in [-0.3, -0.25) is 24.0 Å². The summed E-state index contributed by atoms with van der Waals surface area (Å²) >= 11 is 0.946. The topological polar surface area (TPSA) is 104 Å². The molecule has 2 saturated heterocycles. The monoisotopic (exact) mass is 449 g/mol. The molecule has 2 aliphatic rings. The molecule has 0 saturated carbocycles. The number of carbonyl (C=O) groups is 3. The Morgan fingerprint density at radius 1 is 1.10 bits per heavy atom. The fourth-order valence-corrected chi connectivity index (χ4v) is 5.18. The van der Waals surface area contributed by atoms with Crippen LogP contribution in [0.1, 0.15) is 10.4 Å². The first kappa shape index (κ1) is 20.4. The molecule has 0 bridgehead atoms. The zero-order valence-electron chi connectivity index (χ0n) is 15.4. The van der Waals surface area contributed by atoms with Gasteiger partial charge in [0.1, 0.15) is 10.7 Å². The number of rotatable bonds is 5. The molecule has 2 aliphatic heterocycles. The SMILES string of the molecule is O=C(c1cccc(NS(=O)(=O)c2ccccc2F)c1)N1CC(N2C(=O)CSC2=O)C1. The number of amides is 3. The van der Waals surface area contributed by atoms with Crippen LogP contribution in [0.5, 0.6) is 0 Å². The Labute approximate surface area is 176 Å². The first-order valence-corrected chi connectivity index (χ1v) is 11.4. The molecular formula is C19H16FN3O5S2. The van der Waals surface area contributed by atoms with Gasteiger partial charge < -0.3 is 4.90 Å². The average molecular weight is 449 g/mol. The maximum Gasteiger partial charge on any atom is 0.289 e. The van der Waals surface area contributed by atoms with Crippen molar-refractivity contribution >= 4 is 44.5 Å². The van der Waals surface area contributed by atoms with E-state index in [1.54, 1.807) is 0 Å². The summed E-state index contributed by atoms with van der Waals surface area (Å²) in [5.74, 6) is -1.38. The number of hydrogen-bond acceptors (Lipinski definition) is 6. The Balaban J connectivity index is 1.45. The molecule has 2 aromatic rings. The number of thioether (sulfide) groups is 1. The molecule has 0 spiro atoms. The molecule has 0 unspecified atom stereocenters. The third kappa shape index (κ3) is 3.77. The first-order chi connectivity index (χ1) is 14.3. The number of likely N-dealkylation sites (tertiary alicyclic amines) is 1. The zero-order valence-corrected chi connectivity index (χ0v) is 17.1. The van der Waals surface area contributed by atoms with E-state index in [-0.39, 0.29) is 53.2 Å². The number of sulfonamides is 1. The van der Waals surface area contributed by atoms with Crippen molar-refractivity contribution in [2.75, 3.05) is 23.6 Å². The van der Waals surface area contributed by atoms with Crippen molar-refractivity contribution in [1.82, 2.24) is 9.80 Å². The van der Waals surface area contributed by atoms with E-state index < -0.39 is 20.7 Å². The smallest absolute Gasteiger partial charge is 0.289 e. The Morgan fingerprint density at radius 3 is 2.50 bits per heavy atom. The van der Waals surface area contributed by atoms with Crippen molar-refractivity contribution in [3.05, 3.63) is 59.9 Å². The minimum Gasteiger partial charge on any atom is -0.334 e. The lowest BCUT2D eigenvalue weighted by Gasteiger charge is -2.42. The molecule has 4 rings (SSSR count). The molecule has 1 N–H and O–H groups in total. The minimum atomic E-state index is -4.16. The van der Waals surface area contributed by atoms with Crippen LogP contribution in [0.25, 0.3) is 0 Å². The van der Waals surface area contributed by atoms with E-state index >= 15 is 0 Å². The second-order valence-corrected chi connectivity index (χ2v) is 9.38. The normalized spacial score (nSPS) is 17.2. The number of benzene rings is 2. The summed E-state index contributed by atoms with van der Waals surface area (Å²) in [5, 5.41) is -0.304. The molecule has 3 amide bonds. The Kier molecular flexibility index (Phi) is 5.24. The van der Waals surface area contributed by atoms with Gasteiger partial charge in [-0.05, 0) is 30.3 Å². The van der Waals surface area contributed by atoms with Crippen molar-refractivity contribution in [2.24, 2.45) is 0 Å². The number of imide groups is 1. The van der Waals surface area contributed by atoms with Crippen LogP contribution in [0.15, 0.2) is 53.4 Å². The lowest BCUT2D eigenvalue weighted by Crippen LogP contribution is -2.62. The maximum atomic E-state index is 13.8. The van der Waals surface area contributed by atoms with Gasteiger partial charge in [-0.25, -0.2) is 12.8 Å². The van der Waals surface area contributed by atoms with E-state index in [9.17, 15) is 27.2 Å². The number of hydrogen-bond donors (Lipinski definition) is 1. The number of carbonyl (C=O) groups excluding carboxylic acids is 3. The highest BCUT2D eigenvalue weighted by Crippen LogP contribution is 2.27. The largest absolute Gasteiger partial charge is 0.334 e. The van der Waals surface area contributed by atoms with Crippen LogP contribution in [0.4, 0.5) is 14.9 Å². The molecule has 0 radical (unpaired) electrons. The third-order valence-corrected chi connectivity index (χ3v) is 7.04. The van der Waals surface area contributed by atoms with Crippen LogP contribution in [-0.4, -0.2) is 60.2 Å². The molecule has 0 aromatic heterocycles. The highest BCUT2D eigenvalue weighted by molar-refractivity contribution is 8.14. The predicted octanol–water partition coefficient (Wildman–Crippen LogP) is 2.15. The van der Waals surface area contributed by atoms with Gasteiger partial charge in [0, 0.05) is 24.3 Å². The number of halogens is 1. The summed E-state index contributed by atoms with van der Waals surface area (Å²) < 4.78 is 41.0. The zero-order chi connectivity index (χ0) is 21.5.